The average Bonchev–Trinajstić information content (AvgIpc) is 3.95. The zero-order valence-corrected chi connectivity index (χ0v) is 30.2. The Morgan fingerprint density at radius 2 is 1.43 bits per heavy atom. The first-order valence-electron chi connectivity index (χ1n) is 18.3. The highest BCUT2D eigenvalue weighted by atomic mass is 16.4. The van der Waals surface area contributed by atoms with Crippen molar-refractivity contribution < 1.29 is 43.8 Å². The molecule has 0 spiro atoms. The third-order valence-electron chi connectivity index (χ3n) is 9.92. The Morgan fingerprint density at radius 1 is 0.815 bits per heavy atom. The van der Waals surface area contributed by atoms with Crippen LogP contribution < -0.4 is 33.2 Å². The largest absolute Gasteiger partial charge is 0.480 e. The molecule has 0 radical (unpaired) electrons. The lowest BCUT2D eigenvalue weighted by atomic mass is 10.0. The van der Waals surface area contributed by atoms with E-state index in [0.29, 0.717) is 70.1 Å². The summed E-state index contributed by atoms with van der Waals surface area (Å²) in [6.07, 6.45) is 3.41. The van der Waals surface area contributed by atoms with E-state index in [1.807, 2.05) is 0 Å². The van der Waals surface area contributed by atoms with Gasteiger partial charge < -0.3 is 58.1 Å². The van der Waals surface area contributed by atoms with Gasteiger partial charge in [-0.05, 0) is 56.9 Å². The van der Waals surface area contributed by atoms with Gasteiger partial charge in [0.2, 0.25) is 35.4 Å². The van der Waals surface area contributed by atoms with Crippen LogP contribution in [0.1, 0.15) is 56.9 Å². The van der Waals surface area contributed by atoms with Gasteiger partial charge in [0.05, 0.1) is 19.2 Å². The number of guanidine groups is 1. The molecule has 296 valence electrons. The van der Waals surface area contributed by atoms with Gasteiger partial charge in [-0.25, -0.2) is 4.79 Å². The molecule has 0 aliphatic carbocycles. The van der Waals surface area contributed by atoms with Crippen LogP contribution in [-0.4, -0.2) is 148 Å². The number of carboxylic acid groups (broad SMARTS) is 1. The van der Waals surface area contributed by atoms with Crippen molar-refractivity contribution in [1.82, 2.24) is 30.7 Å². The van der Waals surface area contributed by atoms with Crippen molar-refractivity contribution in [2.45, 2.75) is 94.0 Å². The first-order valence-corrected chi connectivity index (χ1v) is 18.3. The summed E-state index contributed by atoms with van der Waals surface area (Å²) in [6.45, 7) is -0.212. The number of carbonyl (C=O) groups is 7. The van der Waals surface area contributed by atoms with Gasteiger partial charge >= 0.3 is 5.97 Å². The third-order valence-corrected chi connectivity index (χ3v) is 9.92. The van der Waals surface area contributed by atoms with Gasteiger partial charge in [-0.3, -0.25) is 33.8 Å². The van der Waals surface area contributed by atoms with Crippen molar-refractivity contribution in [2.24, 2.45) is 22.2 Å². The predicted molar refractivity (Wildman–Crippen MR) is 194 cm³/mol. The van der Waals surface area contributed by atoms with E-state index in [4.69, 9.17) is 17.2 Å². The van der Waals surface area contributed by atoms with E-state index < -0.39 is 79.0 Å². The number of nitrogens with zero attached hydrogens (tertiary/aromatic N) is 4. The maximum Gasteiger partial charge on any atom is 0.326 e. The number of aliphatic carboxylic acids is 1. The molecule has 6 atom stereocenters. The highest BCUT2D eigenvalue weighted by Gasteiger charge is 2.43. The van der Waals surface area contributed by atoms with Gasteiger partial charge in [0, 0.05) is 32.6 Å². The Labute approximate surface area is 313 Å². The van der Waals surface area contributed by atoms with Crippen LogP contribution in [0.4, 0.5) is 0 Å². The Kier molecular flexibility index (Phi) is 15.1. The molecule has 0 bridgehead atoms. The van der Waals surface area contributed by atoms with E-state index in [1.165, 1.54) is 9.80 Å². The number of carbonyl (C=O) groups excluding carboxylic acids is 6. The second-order valence-corrected chi connectivity index (χ2v) is 13.7. The van der Waals surface area contributed by atoms with E-state index in [0.717, 1.165) is 4.90 Å². The van der Waals surface area contributed by atoms with E-state index in [-0.39, 0.29) is 37.2 Å². The summed E-state index contributed by atoms with van der Waals surface area (Å²) in [5.74, 6) is -4.83. The summed E-state index contributed by atoms with van der Waals surface area (Å²) < 4.78 is 0. The molecule has 19 heteroatoms. The molecule has 3 saturated heterocycles. The minimum atomic E-state index is -1.45. The highest BCUT2D eigenvalue weighted by molar-refractivity contribution is 5.96. The zero-order chi connectivity index (χ0) is 39.4. The molecule has 0 aromatic heterocycles. The van der Waals surface area contributed by atoms with Gasteiger partial charge in [-0.2, -0.15) is 0 Å². The van der Waals surface area contributed by atoms with E-state index in [2.05, 4.69) is 20.9 Å². The number of benzene rings is 1. The van der Waals surface area contributed by atoms with E-state index in [9.17, 15) is 43.8 Å². The van der Waals surface area contributed by atoms with Gasteiger partial charge in [-0.15, -0.1) is 0 Å². The summed E-state index contributed by atoms with van der Waals surface area (Å²) in [7, 11) is 0. The number of hydrogen-bond donors (Lipinski definition) is 8. The molecule has 4 rings (SSSR count). The lowest BCUT2D eigenvalue weighted by Crippen LogP contribution is -2.58. The number of nitrogens with two attached hydrogens (primary N) is 3. The molecule has 1 aromatic carbocycles. The Morgan fingerprint density at radius 3 is 2.06 bits per heavy atom. The number of aliphatic hydroxyl groups excluding tert-OH is 1. The molecule has 3 aliphatic rings. The molecule has 3 heterocycles. The summed E-state index contributed by atoms with van der Waals surface area (Å²) in [6, 6.07) is 2.47. The van der Waals surface area contributed by atoms with Crippen LogP contribution in [0.15, 0.2) is 35.3 Å². The molecule has 54 heavy (non-hydrogen) atoms. The van der Waals surface area contributed by atoms with Crippen LogP contribution in [0, 0.1) is 0 Å². The first-order chi connectivity index (χ1) is 25.8. The van der Waals surface area contributed by atoms with Gasteiger partial charge in [0.1, 0.15) is 30.2 Å². The fourth-order valence-corrected chi connectivity index (χ4v) is 7.17. The second-order valence-electron chi connectivity index (χ2n) is 13.7. The van der Waals surface area contributed by atoms with Crippen LogP contribution in [0.2, 0.25) is 0 Å². The second kappa shape index (κ2) is 19.7. The van der Waals surface area contributed by atoms with Crippen LogP contribution in [0.3, 0.4) is 0 Å². The van der Waals surface area contributed by atoms with Crippen molar-refractivity contribution in [2.75, 3.05) is 39.3 Å². The molecule has 0 unspecified atom stereocenters. The normalized spacial score (nSPS) is 21.1. The third kappa shape index (κ3) is 10.9. The van der Waals surface area contributed by atoms with Crippen molar-refractivity contribution in [3.05, 3.63) is 35.9 Å². The van der Waals surface area contributed by atoms with Crippen molar-refractivity contribution in [3.63, 3.8) is 0 Å². The van der Waals surface area contributed by atoms with Crippen LogP contribution in [0.25, 0.3) is 0 Å². The maximum absolute atomic E-state index is 13.7. The molecule has 3 aliphatic heterocycles. The molecule has 1 aromatic rings. The monoisotopic (exact) mass is 756 g/mol. The molecule has 19 nitrogen and oxygen atoms in total. The van der Waals surface area contributed by atoms with E-state index in [1.54, 1.807) is 30.3 Å². The van der Waals surface area contributed by atoms with Crippen molar-refractivity contribution in [1.29, 1.82) is 0 Å². The zero-order valence-electron chi connectivity index (χ0n) is 30.2. The van der Waals surface area contributed by atoms with Gasteiger partial charge in [0.15, 0.2) is 5.96 Å². The Balaban J connectivity index is 1.35. The first kappa shape index (κ1) is 41.5. The highest BCUT2D eigenvalue weighted by Crippen LogP contribution is 2.26. The fraction of sp³-hybridized carbons (Fsp3) is 0.600. The molecule has 0 saturated carbocycles. The van der Waals surface area contributed by atoms with Gasteiger partial charge in [0.25, 0.3) is 0 Å². The smallest absolute Gasteiger partial charge is 0.326 e. The maximum atomic E-state index is 13.7. The summed E-state index contributed by atoms with van der Waals surface area (Å²) in [4.78, 5) is 99.6. The number of hydrogen-bond acceptors (Lipinski definition) is 10. The minimum absolute atomic E-state index is 0.00159. The SMILES string of the molecule is NC(N)=NCCC[C@H](N)C(=O)N1CCC[C@@H]1C(=O)N1CCC[C@@H]1C(=O)NCC(=O)N[C@H](Cc1ccccc1)C(=O)N[C@H](CO)C(=O)N1CCC[C@H]1C(=O)O. The molecule has 3 fully saturated rings. The number of likely N-dealkylation sites (tertiary alicyclic amines) is 3. The van der Waals surface area contributed by atoms with Gasteiger partial charge in [-0.1, -0.05) is 30.3 Å². The van der Waals surface area contributed by atoms with E-state index >= 15 is 0 Å². The summed E-state index contributed by atoms with van der Waals surface area (Å²) in [5, 5.41) is 27.1. The number of carboxylic acids is 1. The standard InChI is InChI=1S/C35H52N10O9/c36-22(10-4-14-39-35(37)38)31(50)44-16-6-12-26(44)33(52)43-15-5-11-25(43)30(49)40-19-28(47)41-23(18-21-8-2-1-3-9-21)29(48)42-24(20-46)32(51)45-17-7-13-27(45)34(53)54/h1-3,8-9,22-27,46H,4-7,10-20,36H2,(H,40,49)(H,41,47)(H,42,48)(H,53,54)(H4,37,38,39)/t22-,23+,24+,25+,26+,27-/m0/s1. The lowest BCUT2D eigenvalue weighted by molar-refractivity contribution is -0.150. The summed E-state index contributed by atoms with van der Waals surface area (Å²) in [5.41, 5.74) is 17.5. The topological polar surface area (TPSA) is 296 Å². The number of aliphatic imine (C=N–C) groups is 1. The lowest BCUT2D eigenvalue weighted by Gasteiger charge is -2.32. The number of amides is 6. The Bertz CT molecular complexity index is 1560. The van der Waals surface area contributed by atoms with Crippen LogP contribution >= 0.6 is 0 Å². The van der Waals surface area contributed by atoms with Crippen LogP contribution in [-0.2, 0) is 40.0 Å². The number of nitrogens with one attached hydrogen (secondary N) is 3. The Hall–Kier alpha value is -5.30. The van der Waals surface area contributed by atoms with Crippen molar-refractivity contribution >= 4 is 47.4 Å². The van der Waals surface area contributed by atoms with Crippen molar-refractivity contribution in [3.8, 4) is 0 Å². The quantitative estimate of drug-likeness (QED) is 0.0442. The molecule has 6 amide bonds. The summed E-state index contributed by atoms with van der Waals surface area (Å²) >= 11 is 0. The average molecular weight is 757 g/mol. The number of aliphatic hydroxyl groups is 1. The molecular weight excluding hydrogens is 704 g/mol. The minimum Gasteiger partial charge on any atom is -0.480 e. The predicted octanol–water partition coefficient (Wildman–Crippen LogP) is -3.25. The fourth-order valence-electron chi connectivity index (χ4n) is 7.17. The molecule has 11 N–H and O–H groups in total. The molecular formula is C35H52N10O9. The van der Waals surface area contributed by atoms with Crippen LogP contribution in [0.5, 0.6) is 0 Å². The number of rotatable bonds is 17.